The van der Waals surface area contributed by atoms with Gasteiger partial charge >= 0.3 is 0 Å². The number of methoxy groups -OCH3 is 1. The second-order valence-electron chi connectivity index (χ2n) is 3.97. The van der Waals surface area contributed by atoms with Gasteiger partial charge in [0.05, 0.1) is 7.11 Å². The lowest BCUT2D eigenvalue weighted by atomic mass is 10.2. The molecule has 5 nitrogen and oxygen atoms in total. The molecule has 1 N–H and O–H groups in total. The average molecular weight is 259 g/mol. The van der Waals surface area contributed by atoms with Crippen molar-refractivity contribution in [3.8, 4) is 11.5 Å². The van der Waals surface area contributed by atoms with Crippen LogP contribution in [0.4, 0.5) is 0 Å². The van der Waals surface area contributed by atoms with Gasteiger partial charge in [-0.2, -0.15) is 0 Å². The molecule has 100 valence electrons. The van der Waals surface area contributed by atoms with E-state index in [0.29, 0.717) is 23.9 Å². The topological polar surface area (TPSA) is 56.3 Å². The minimum atomic E-state index is 0.320. The van der Waals surface area contributed by atoms with E-state index in [1.807, 2.05) is 25.2 Å². The lowest BCUT2D eigenvalue weighted by Gasteiger charge is -2.11. The number of nitrogens with one attached hydrogen (secondary N) is 1. The highest BCUT2D eigenvalue weighted by Crippen LogP contribution is 2.28. The molecule has 19 heavy (non-hydrogen) atoms. The van der Waals surface area contributed by atoms with Crippen LogP contribution in [0.25, 0.3) is 0 Å². The Hall–Kier alpha value is -2.14. The largest absolute Gasteiger partial charge is 0.493 e. The summed E-state index contributed by atoms with van der Waals surface area (Å²) in [7, 11) is 3.53. The lowest BCUT2D eigenvalue weighted by Crippen LogP contribution is -2.06. The van der Waals surface area contributed by atoms with Gasteiger partial charge in [-0.15, -0.1) is 0 Å². The maximum Gasteiger partial charge on any atom is 0.166 e. The normalized spacial score (nSPS) is 10.2. The Labute approximate surface area is 112 Å². The summed E-state index contributed by atoms with van der Waals surface area (Å²) in [6.45, 7) is 1.10. The van der Waals surface area contributed by atoms with Crippen LogP contribution in [0.2, 0.25) is 0 Å². The Bertz CT molecular complexity index is 517. The van der Waals surface area contributed by atoms with Crippen LogP contribution in [0.5, 0.6) is 11.5 Å². The van der Waals surface area contributed by atoms with Crippen molar-refractivity contribution in [2.45, 2.75) is 13.2 Å². The van der Waals surface area contributed by atoms with Gasteiger partial charge in [0.25, 0.3) is 0 Å². The van der Waals surface area contributed by atoms with Crippen LogP contribution in [0.15, 0.2) is 36.7 Å². The summed E-state index contributed by atoms with van der Waals surface area (Å²) >= 11 is 0. The van der Waals surface area contributed by atoms with Crippen LogP contribution < -0.4 is 14.8 Å². The molecule has 0 saturated carbocycles. The Morgan fingerprint density at radius 2 is 1.95 bits per heavy atom. The highest BCUT2D eigenvalue weighted by Gasteiger charge is 2.06. The highest BCUT2D eigenvalue weighted by molar-refractivity contribution is 5.42. The van der Waals surface area contributed by atoms with Gasteiger partial charge in [0.2, 0.25) is 0 Å². The molecule has 0 fully saturated rings. The first-order valence-corrected chi connectivity index (χ1v) is 6.03. The number of nitrogens with zero attached hydrogens (tertiary/aromatic N) is 2. The third-order valence-corrected chi connectivity index (χ3v) is 2.58. The predicted octanol–water partition coefficient (Wildman–Crippen LogP) is 1.78. The second-order valence-corrected chi connectivity index (χ2v) is 3.97. The van der Waals surface area contributed by atoms with E-state index in [0.717, 1.165) is 12.1 Å². The third kappa shape index (κ3) is 3.66. The summed E-state index contributed by atoms with van der Waals surface area (Å²) in [6.07, 6.45) is 3.39. The molecule has 0 saturated heterocycles. The van der Waals surface area contributed by atoms with Crippen molar-refractivity contribution in [2.24, 2.45) is 0 Å². The molecule has 0 aliphatic carbocycles. The summed E-state index contributed by atoms with van der Waals surface area (Å²) in [5.41, 5.74) is 1.13. The molecule has 1 aromatic heterocycles. The maximum absolute atomic E-state index is 5.72. The second kappa shape index (κ2) is 6.70. The van der Waals surface area contributed by atoms with E-state index in [2.05, 4.69) is 15.3 Å². The van der Waals surface area contributed by atoms with Crippen molar-refractivity contribution in [3.05, 3.63) is 48.0 Å². The average Bonchev–Trinajstić information content (AvgIpc) is 2.47. The Kier molecular flexibility index (Phi) is 4.69. The number of ether oxygens (including phenoxy) is 2. The maximum atomic E-state index is 5.72. The number of benzene rings is 1. The van der Waals surface area contributed by atoms with E-state index >= 15 is 0 Å². The first-order chi connectivity index (χ1) is 9.33. The lowest BCUT2D eigenvalue weighted by molar-refractivity contribution is 0.276. The quantitative estimate of drug-likeness (QED) is 0.857. The molecule has 0 atom stereocenters. The molecular weight excluding hydrogens is 242 g/mol. The van der Waals surface area contributed by atoms with E-state index in [4.69, 9.17) is 9.47 Å². The predicted molar refractivity (Wildman–Crippen MR) is 72.1 cm³/mol. The van der Waals surface area contributed by atoms with E-state index in [1.54, 1.807) is 25.6 Å². The molecule has 1 heterocycles. The summed E-state index contributed by atoms with van der Waals surface area (Å²) in [5.74, 6) is 2.04. The molecule has 2 rings (SSSR count). The van der Waals surface area contributed by atoms with Crippen LogP contribution in [0, 0.1) is 0 Å². The zero-order valence-corrected chi connectivity index (χ0v) is 11.1. The van der Waals surface area contributed by atoms with Crippen molar-refractivity contribution < 1.29 is 9.47 Å². The van der Waals surface area contributed by atoms with Crippen LogP contribution >= 0.6 is 0 Å². The Morgan fingerprint density at radius 1 is 1.16 bits per heavy atom. The van der Waals surface area contributed by atoms with Crippen molar-refractivity contribution in [3.63, 3.8) is 0 Å². The van der Waals surface area contributed by atoms with Crippen molar-refractivity contribution >= 4 is 0 Å². The van der Waals surface area contributed by atoms with Crippen LogP contribution in [0.3, 0.4) is 0 Å². The minimum absolute atomic E-state index is 0.320. The molecule has 0 aliphatic rings. The van der Waals surface area contributed by atoms with Crippen LogP contribution in [-0.4, -0.2) is 24.1 Å². The fourth-order valence-corrected chi connectivity index (χ4v) is 1.69. The summed E-state index contributed by atoms with van der Waals surface area (Å²) < 4.78 is 11.0. The van der Waals surface area contributed by atoms with Gasteiger partial charge in [-0.05, 0) is 30.8 Å². The Balaban J connectivity index is 2.11. The molecule has 0 spiro atoms. The first kappa shape index (κ1) is 13.3. The van der Waals surface area contributed by atoms with Crippen LogP contribution in [0.1, 0.15) is 11.4 Å². The fraction of sp³-hybridized carbons (Fsp3) is 0.286. The van der Waals surface area contributed by atoms with E-state index in [9.17, 15) is 0 Å². The Morgan fingerprint density at radius 3 is 2.63 bits per heavy atom. The molecule has 1 aromatic carbocycles. The summed E-state index contributed by atoms with van der Waals surface area (Å²) in [4.78, 5) is 8.24. The first-order valence-electron chi connectivity index (χ1n) is 6.03. The highest BCUT2D eigenvalue weighted by atomic mass is 16.5. The van der Waals surface area contributed by atoms with Gasteiger partial charge < -0.3 is 14.8 Å². The molecular formula is C14H17N3O2. The number of hydrogen-bond acceptors (Lipinski definition) is 5. The van der Waals surface area contributed by atoms with E-state index < -0.39 is 0 Å². The van der Waals surface area contributed by atoms with Crippen LogP contribution in [-0.2, 0) is 13.2 Å². The van der Waals surface area contributed by atoms with Crippen molar-refractivity contribution in [2.75, 3.05) is 14.2 Å². The number of rotatable bonds is 6. The summed E-state index contributed by atoms with van der Waals surface area (Å²) in [6, 6.07) is 7.63. The number of aromatic nitrogens is 2. The van der Waals surface area contributed by atoms with E-state index in [-0.39, 0.29) is 0 Å². The zero-order chi connectivity index (χ0) is 13.5. The van der Waals surface area contributed by atoms with Gasteiger partial charge in [-0.25, -0.2) is 9.97 Å². The molecule has 0 radical (unpaired) electrons. The van der Waals surface area contributed by atoms with Gasteiger partial charge in [-0.3, -0.25) is 0 Å². The fourth-order valence-electron chi connectivity index (χ4n) is 1.69. The monoisotopic (exact) mass is 259 g/mol. The van der Waals surface area contributed by atoms with E-state index in [1.165, 1.54) is 0 Å². The molecule has 0 unspecified atom stereocenters. The van der Waals surface area contributed by atoms with Gasteiger partial charge in [-0.1, -0.05) is 6.07 Å². The molecule has 5 heteroatoms. The van der Waals surface area contributed by atoms with Crippen molar-refractivity contribution in [1.29, 1.82) is 0 Å². The molecule has 0 amide bonds. The van der Waals surface area contributed by atoms with Crippen molar-refractivity contribution in [1.82, 2.24) is 15.3 Å². The van der Waals surface area contributed by atoms with Gasteiger partial charge in [0.1, 0.15) is 6.61 Å². The molecule has 2 aromatic rings. The smallest absolute Gasteiger partial charge is 0.166 e. The minimum Gasteiger partial charge on any atom is -0.493 e. The SMILES string of the molecule is CNCc1ccc(OC)c(OCc2ncccn2)c1. The standard InChI is InChI=1S/C14H17N3O2/c1-15-9-11-4-5-12(18-2)13(8-11)19-10-14-16-6-3-7-17-14/h3-8,15H,9-10H2,1-2H3. The number of hydrogen-bond donors (Lipinski definition) is 1. The molecule has 0 aliphatic heterocycles. The van der Waals surface area contributed by atoms with Gasteiger partial charge in [0.15, 0.2) is 17.3 Å². The zero-order valence-electron chi connectivity index (χ0n) is 11.1. The third-order valence-electron chi connectivity index (χ3n) is 2.58. The summed E-state index contributed by atoms with van der Waals surface area (Å²) in [5, 5.41) is 3.10. The van der Waals surface area contributed by atoms with Gasteiger partial charge in [0, 0.05) is 18.9 Å². The molecule has 0 bridgehead atoms.